The fourth-order valence-electron chi connectivity index (χ4n) is 2.70. The van der Waals surface area contributed by atoms with E-state index in [2.05, 4.69) is 6.07 Å². The average Bonchev–Trinajstić information content (AvgIpc) is 2.60. The van der Waals surface area contributed by atoms with Crippen LogP contribution in [0, 0.1) is 23.0 Å². The first-order chi connectivity index (χ1) is 11.6. The van der Waals surface area contributed by atoms with Gasteiger partial charge >= 0.3 is 0 Å². The molecule has 2 aromatic rings. The Balaban J connectivity index is 1.65. The van der Waals surface area contributed by atoms with Gasteiger partial charge in [0.1, 0.15) is 0 Å². The highest BCUT2D eigenvalue weighted by Gasteiger charge is 2.24. The average molecular weight is 327 g/mol. The molecule has 4 nitrogen and oxygen atoms in total. The molecule has 1 aliphatic heterocycles. The standard InChI is InChI=1S/C18H15F2N3O/c19-16-6-3-14(9-17(16)20)11-23-8-7-22(12-18(23)24)15-4-1-13(10-21)2-5-15/h1-6,9H,7-8,11-12H2. The summed E-state index contributed by atoms with van der Waals surface area (Å²) in [5, 5.41) is 8.82. The molecule has 1 heterocycles. The molecule has 1 amide bonds. The molecule has 6 heteroatoms. The number of hydrogen-bond donors (Lipinski definition) is 0. The molecular formula is C18H15F2N3O. The normalized spacial score (nSPS) is 14.6. The number of halogens is 2. The molecule has 0 radical (unpaired) electrons. The third-order valence-corrected chi connectivity index (χ3v) is 4.04. The van der Waals surface area contributed by atoms with E-state index < -0.39 is 11.6 Å². The van der Waals surface area contributed by atoms with Gasteiger partial charge in [0.2, 0.25) is 5.91 Å². The SMILES string of the molecule is N#Cc1ccc(N2CCN(Cc3ccc(F)c(F)c3)C(=O)C2)cc1. The Morgan fingerprint density at radius 2 is 1.79 bits per heavy atom. The first-order valence-corrected chi connectivity index (χ1v) is 7.53. The lowest BCUT2D eigenvalue weighted by Gasteiger charge is -2.35. The van der Waals surface area contributed by atoms with E-state index in [0.717, 1.165) is 17.8 Å². The number of nitriles is 1. The zero-order valence-corrected chi connectivity index (χ0v) is 12.9. The lowest BCUT2D eigenvalue weighted by atomic mass is 10.1. The van der Waals surface area contributed by atoms with Crippen molar-refractivity contribution in [3.63, 3.8) is 0 Å². The minimum Gasteiger partial charge on any atom is -0.360 e. The van der Waals surface area contributed by atoms with Crippen LogP contribution >= 0.6 is 0 Å². The van der Waals surface area contributed by atoms with Crippen molar-refractivity contribution in [2.45, 2.75) is 6.54 Å². The van der Waals surface area contributed by atoms with Crippen LogP contribution in [0.4, 0.5) is 14.5 Å². The molecule has 122 valence electrons. The largest absolute Gasteiger partial charge is 0.360 e. The zero-order valence-electron chi connectivity index (χ0n) is 12.9. The molecule has 0 N–H and O–H groups in total. The third kappa shape index (κ3) is 3.35. The Labute approximate surface area is 138 Å². The highest BCUT2D eigenvalue weighted by Crippen LogP contribution is 2.19. The van der Waals surface area contributed by atoms with Crippen LogP contribution in [0.25, 0.3) is 0 Å². The van der Waals surface area contributed by atoms with Gasteiger partial charge < -0.3 is 9.80 Å². The van der Waals surface area contributed by atoms with Gasteiger partial charge in [-0.05, 0) is 42.0 Å². The summed E-state index contributed by atoms with van der Waals surface area (Å²) in [4.78, 5) is 15.9. The lowest BCUT2D eigenvalue weighted by molar-refractivity contribution is -0.131. The van der Waals surface area contributed by atoms with Crippen LogP contribution in [0.5, 0.6) is 0 Å². The number of nitrogens with zero attached hydrogens (tertiary/aromatic N) is 3. The molecule has 0 saturated carbocycles. The predicted molar refractivity (Wildman–Crippen MR) is 85.1 cm³/mol. The topological polar surface area (TPSA) is 47.3 Å². The van der Waals surface area contributed by atoms with Crippen molar-refractivity contribution < 1.29 is 13.6 Å². The van der Waals surface area contributed by atoms with Gasteiger partial charge in [0.25, 0.3) is 0 Å². The summed E-state index contributed by atoms with van der Waals surface area (Å²) in [6.45, 7) is 1.62. The molecule has 1 saturated heterocycles. The van der Waals surface area contributed by atoms with Gasteiger partial charge in [0.05, 0.1) is 18.2 Å². The highest BCUT2D eigenvalue weighted by molar-refractivity contribution is 5.82. The number of hydrogen-bond acceptors (Lipinski definition) is 3. The Morgan fingerprint density at radius 3 is 2.42 bits per heavy atom. The van der Waals surface area contributed by atoms with E-state index in [-0.39, 0.29) is 19.0 Å². The molecule has 0 spiro atoms. The molecule has 0 aliphatic carbocycles. The minimum absolute atomic E-state index is 0.0738. The first-order valence-electron chi connectivity index (χ1n) is 7.53. The van der Waals surface area contributed by atoms with E-state index in [4.69, 9.17) is 5.26 Å². The summed E-state index contributed by atoms with van der Waals surface area (Å²) in [5.41, 5.74) is 2.02. The van der Waals surface area contributed by atoms with Crippen molar-refractivity contribution in [2.75, 3.05) is 24.5 Å². The molecule has 1 fully saturated rings. The summed E-state index contributed by atoms with van der Waals surface area (Å²) in [7, 11) is 0. The fraction of sp³-hybridized carbons (Fsp3) is 0.222. The van der Waals surface area contributed by atoms with Gasteiger partial charge in [0.15, 0.2) is 11.6 Å². The summed E-state index contributed by atoms with van der Waals surface area (Å²) < 4.78 is 26.2. The maximum atomic E-state index is 13.3. The van der Waals surface area contributed by atoms with Crippen LogP contribution in [0.1, 0.15) is 11.1 Å². The number of piperazine rings is 1. The number of carbonyl (C=O) groups is 1. The summed E-state index contributed by atoms with van der Waals surface area (Å²) in [5.74, 6) is -1.87. The second-order valence-electron chi connectivity index (χ2n) is 5.64. The zero-order chi connectivity index (χ0) is 17.1. The van der Waals surface area contributed by atoms with E-state index in [1.54, 1.807) is 17.0 Å². The maximum absolute atomic E-state index is 13.3. The minimum atomic E-state index is -0.906. The summed E-state index contributed by atoms with van der Waals surface area (Å²) in [6, 6.07) is 12.8. The van der Waals surface area contributed by atoms with Crippen molar-refractivity contribution in [3.05, 3.63) is 65.2 Å². The summed E-state index contributed by atoms with van der Waals surface area (Å²) in [6.07, 6.45) is 0. The van der Waals surface area contributed by atoms with Crippen LogP contribution in [0.2, 0.25) is 0 Å². The molecular weight excluding hydrogens is 312 g/mol. The van der Waals surface area contributed by atoms with Crippen molar-refractivity contribution in [1.82, 2.24) is 4.90 Å². The lowest BCUT2D eigenvalue weighted by Crippen LogP contribution is -2.50. The van der Waals surface area contributed by atoms with Crippen LogP contribution < -0.4 is 4.90 Å². The van der Waals surface area contributed by atoms with Gasteiger partial charge in [0, 0.05) is 25.3 Å². The second kappa shape index (κ2) is 6.67. The molecule has 0 atom stereocenters. The van der Waals surface area contributed by atoms with Gasteiger partial charge in [-0.25, -0.2) is 8.78 Å². The quantitative estimate of drug-likeness (QED) is 0.871. The number of benzene rings is 2. The van der Waals surface area contributed by atoms with E-state index >= 15 is 0 Å². The number of rotatable bonds is 3. The van der Waals surface area contributed by atoms with Crippen molar-refractivity contribution in [3.8, 4) is 6.07 Å². The molecule has 3 rings (SSSR count). The highest BCUT2D eigenvalue weighted by atomic mass is 19.2. The van der Waals surface area contributed by atoms with Crippen molar-refractivity contribution in [1.29, 1.82) is 5.26 Å². The Morgan fingerprint density at radius 1 is 1.04 bits per heavy atom. The Hall–Kier alpha value is -2.94. The molecule has 0 bridgehead atoms. The monoisotopic (exact) mass is 327 g/mol. The Bertz CT molecular complexity index is 799. The molecule has 24 heavy (non-hydrogen) atoms. The van der Waals surface area contributed by atoms with E-state index in [1.807, 2.05) is 17.0 Å². The van der Waals surface area contributed by atoms with Gasteiger partial charge in [-0.2, -0.15) is 5.26 Å². The van der Waals surface area contributed by atoms with E-state index in [0.29, 0.717) is 24.2 Å². The van der Waals surface area contributed by atoms with E-state index in [1.165, 1.54) is 6.07 Å². The van der Waals surface area contributed by atoms with Gasteiger partial charge in [-0.15, -0.1) is 0 Å². The number of amides is 1. The van der Waals surface area contributed by atoms with E-state index in [9.17, 15) is 13.6 Å². The molecule has 1 aliphatic rings. The van der Waals surface area contributed by atoms with Gasteiger partial charge in [-0.3, -0.25) is 4.79 Å². The smallest absolute Gasteiger partial charge is 0.242 e. The third-order valence-electron chi connectivity index (χ3n) is 4.04. The van der Waals surface area contributed by atoms with Crippen molar-refractivity contribution >= 4 is 11.6 Å². The van der Waals surface area contributed by atoms with Crippen LogP contribution in [-0.2, 0) is 11.3 Å². The number of anilines is 1. The van der Waals surface area contributed by atoms with Crippen LogP contribution in [0.15, 0.2) is 42.5 Å². The molecule has 0 aromatic heterocycles. The molecule has 2 aromatic carbocycles. The van der Waals surface area contributed by atoms with Crippen LogP contribution in [0.3, 0.4) is 0 Å². The van der Waals surface area contributed by atoms with Gasteiger partial charge in [-0.1, -0.05) is 6.07 Å². The molecule has 0 unspecified atom stereocenters. The number of carbonyl (C=O) groups excluding carboxylic acids is 1. The van der Waals surface area contributed by atoms with Crippen molar-refractivity contribution in [2.24, 2.45) is 0 Å². The second-order valence-corrected chi connectivity index (χ2v) is 5.64. The first kappa shape index (κ1) is 15.9. The van der Waals surface area contributed by atoms with Crippen LogP contribution in [-0.4, -0.2) is 30.4 Å². The predicted octanol–water partition coefficient (Wildman–Crippen LogP) is 2.69. The maximum Gasteiger partial charge on any atom is 0.242 e. The Kier molecular flexibility index (Phi) is 4.43. The fourth-order valence-corrected chi connectivity index (χ4v) is 2.70. The summed E-state index contributed by atoms with van der Waals surface area (Å²) >= 11 is 0.